The maximum atomic E-state index is 5.37. The highest BCUT2D eigenvalue weighted by Gasteiger charge is 2.14. The van der Waals surface area contributed by atoms with Gasteiger partial charge in [-0.15, -0.1) is 11.3 Å². The number of fused-ring (bicyclic) bond motifs is 1. The minimum Gasteiger partial charge on any atom is -0.379 e. The number of nitrogens with zero attached hydrogens (tertiary/aromatic N) is 3. The molecule has 0 amide bonds. The second-order valence-corrected chi connectivity index (χ2v) is 5.71. The number of rotatable bonds is 4. The molecule has 0 aliphatic carbocycles. The molecule has 1 saturated heterocycles. The lowest BCUT2D eigenvalue weighted by molar-refractivity contribution is 0.0368. The van der Waals surface area contributed by atoms with E-state index in [9.17, 15) is 0 Å². The zero-order chi connectivity index (χ0) is 13.1. The van der Waals surface area contributed by atoms with Gasteiger partial charge < -0.3 is 10.1 Å². The average molecular weight is 278 g/mol. The largest absolute Gasteiger partial charge is 0.379 e. The van der Waals surface area contributed by atoms with Gasteiger partial charge in [-0.1, -0.05) is 0 Å². The first-order valence-corrected chi connectivity index (χ1v) is 7.46. The van der Waals surface area contributed by atoms with Gasteiger partial charge >= 0.3 is 0 Å². The topological polar surface area (TPSA) is 50.3 Å². The molecule has 0 spiro atoms. The van der Waals surface area contributed by atoms with Gasteiger partial charge in [0.05, 0.1) is 18.6 Å². The van der Waals surface area contributed by atoms with Gasteiger partial charge in [0.25, 0.3) is 0 Å². The van der Waals surface area contributed by atoms with E-state index in [-0.39, 0.29) is 0 Å². The van der Waals surface area contributed by atoms with Crippen LogP contribution in [0.2, 0.25) is 0 Å². The van der Waals surface area contributed by atoms with Crippen molar-refractivity contribution in [3.8, 4) is 0 Å². The van der Waals surface area contributed by atoms with E-state index in [1.54, 1.807) is 17.7 Å². The third-order valence-electron chi connectivity index (χ3n) is 3.28. The SMILES string of the molecule is CC(CN1CCOCC1)Nc1ncnc2sccc12. The van der Waals surface area contributed by atoms with Crippen LogP contribution in [0.4, 0.5) is 5.82 Å². The van der Waals surface area contributed by atoms with Crippen LogP contribution in [0.1, 0.15) is 6.92 Å². The van der Waals surface area contributed by atoms with E-state index in [4.69, 9.17) is 4.74 Å². The Morgan fingerprint density at radius 3 is 3.11 bits per heavy atom. The lowest BCUT2D eigenvalue weighted by Crippen LogP contribution is -2.42. The maximum Gasteiger partial charge on any atom is 0.138 e. The fourth-order valence-electron chi connectivity index (χ4n) is 2.36. The standard InChI is InChI=1S/C13H18N4OS/c1-10(8-17-3-5-18-6-4-17)16-12-11-2-7-19-13(11)15-9-14-12/h2,7,9-10H,3-6,8H2,1H3,(H,14,15,16). The fraction of sp³-hybridized carbons (Fsp3) is 0.538. The zero-order valence-electron chi connectivity index (χ0n) is 11.0. The second kappa shape index (κ2) is 5.81. The van der Waals surface area contributed by atoms with E-state index in [1.165, 1.54) is 0 Å². The monoisotopic (exact) mass is 278 g/mol. The molecule has 1 N–H and O–H groups in total. The van der Waals surface area contributed by atoms with E-state index in [2.05, 4.69) is 38.6 Å². The zero-order valence-corrected chi connectivity index (χ0v) is 11.8. The molecule has 102 valence electrons. The van der Waals surface area contributed by atoms with Gasteiger partial charge in [-0.25, -0.2) is 9.97 Å². The molecule has 2 aromatic heterocycles. The number of thiophene rings is 1. The molecule has 1 aliphatic rings. The van der Waals surface area contributed by atoms with E-state index in [0.29, 0.717) is 6.04 Å². The minimum absolute atomic E-state index is 0.358. The van der Waals surface area contributed by atoms with Crippen LogP contribution in [0.25, 0.3) is 10.2 Å². The normalized spacial score (nSPS) is 18.6. The minimum atomic E-state index is 0.358. The summed E-state index contributed by atoms with van der Waals surface area (Å²) in [6.45, 7) is 6.92. The molecule has 1 aliphatic heterocycles. The van der Waals surface area contributed by atoms with Crippen LogP contribution in [-0.4, -0.2) is 53.8 Å². The van der Waals surface area contributed by atoms with Crippen LogP contribution < -0.4 is 5.32 Å². The highest BCUT2D eigenvalue weighted by molar-refractivity contribution is 7.16. The van der Waals surface area contributed by atoms with Crippen molar-refractivity contribution in [1.29, 1.82) is 0 Å². The number of aromatic nitrogens is 2. The van der Waals surface area contributed by atoms with Crippen LogP contribution in [-0.2, 0) is 4.74 Å². The summed E-state index contributed by atoms with van der Waals surface area (Å²) < 4.78 is 5.37. The quantitative estimate of drug-likeness (QED) is 0.924. The molecule has 1 atom stereocenters. The van der Waals surface area contributed by atoms with Gasteiger partial charge in [0.2, 0.25) is 0 Å². The van der Waals surface area contributed by atoms with Gasteiger partial charge in [0.1, 0.15) is 17.0 Å². The fourth-order valence-corrected chi connectivity index (χ4v) is 3.09. The molecule has 2 aromatic rings. The Bertz CT molecular complexity index is 538. The van der Waals surface area contributed by atoms with Crippen molar-refractivity contribution in [2.45, 2.75) is 13.0 Å². The number of ether oxygens (including phenoxy) is 1. The van der Waals surface area contributed by atoms with Crippen molar-refractivity contribution < 1.29 is 4.74 Å². The lowest BCUT2D eigenvalue weighted by atomic mass is 10.2. The predicted molar refractivity (Wildman–Crippen MR) is 77.8 cm³/mol. The molecule has 3 heterocycles. The third kappa shape index (κ3) is 3.02. The Kier molecular flexibility index (Phi) is 3.91. The first kappa shape index (κ1) is 12.8. The first-order chi connectivity index (χ1) is 9.33. The van der Waals surface area contributed by atoms with Crippen LogP contribution in [0, 0.1) is 0 Å². The second-order valence-electron chi connectivity index (χ2n) is 4.82. The Balaban J connectivity index is 1.65. The molecule has 19 heavy (non-hydrogen) atoms. The van der Waals surface area contributed by atoms with E-state index < -0.39 is 0 Å². The first-order valence-electron chi connectivity index (χ1n) is 6.58. The molecule has 0 saturated carbocycles. The van der Waals surface area contributed by atoms with Crippen molar-refractivity contribution in [3.63, 3.8) is 0 Å². The van der Waals surface area contributed by atoms with Crippen molar-refractivity contribution in [2.75, 3.05) is 38.2 Å². The number of nitrogens with one attached hydrogen (secondary N) is 1. The Morgan fingerprint density at radius 1 is 1.42 bits per heavy atom. The Hall–Kier alpha value is -1.24. The molecular weight excluding hydrogens is 260 g/mol. The summed E-state index contributed by atoms with van der Waals surface area (Å²) >= 11 is 1.65. The summed E-state index contributed by atoms with van der Waals surface area (Å²) in [7, 11) is 0. The maximum absolute atomic E-state index is 5.37. The van der Waals surface area contributed by atoms with Crippen LogP contribution >= 0.6 is 11.3 Å². The van der Waals surface area contributed by atoms with E-state index >= 15 is 0 Å². The van der Waals surface area contributed by atoms with E-state index in [1.807, 2.05) is 0 Å². The van der Waals surface area contributed by atoms with Crippen molar-refractivity contribution in [3.05, 3.63) is 17.8 Å². The van der Waals surface area contributed by atoms with Crippen molar-refractivity contribution in [1.82, 2.24) is 14.9 Å². The molecule has 0 radical (unpaired) electrons. The van der Waals surface area contributed by atoms with E-state index in [0.717, 1.165) is 48.9 Å². The van der Waals surface area contributed by atoms with Crippen molar-refractivity contribution >= 4 is 27.4 Å². The molecule has 6 heteroatoms. The Morgan fingerprint density at radius 2 is 2.26 bits per heavy atom. The van der Waals surface area contributed by atoms with Crippen molar-refractivity contribution in [2.24, 2.45) is 0 Å². The highest BCUT2D eigenvalue weighted by atomic mass is 32.1. The van der Waals surface area contributed by atoms with Gasteiger partial charge in [-0.2, -0.15) is 0 Å². The molecule has 1 fully saturated rings. The summed E-state index contributed by atoms with van der Waals surface area (Å²) in [6.07, 6.45) is 1.63. The molecule has 0 bridgehead atoms. The molecule has 5 nitrogen and oxygen atoms in total. The lowest BCUT2D eigenvalue weighted by Gasteiger charge is -2.29. The summed E-state index contributed by atoms with van der Waals surface area (Å²) in [4.78, 5) is 12.1. The van der Waals surface area contributed by atoms with Gasteiger partial charge in [0, 0.05) is 25.7 Å². The molecular formula is C13H18N4OS. The number of anilines is 1. The third-order valence-corrected chi connectivity index (χ3v) is 4.10. The highest BCUT2D eigenvalue weighted by Crippen LogP contribution is 2.24. The smallest absolute Gasteiger partial charge is 0.138 e. The summed E-state index contributed by atoms with van der Waals surface area (Å²) in [5, 5.41) is 6.66. The summed E-state index contributed by atoms with van der Waals surface area (Å²) in [6, 6.07) is 2.43. The number of hydrogen-bond acceptors (Lipinski definition) is 6. The molecule has 3 rings (SSSR count). The predicted octanol–water partition coefficient (Wildman–Crippen LogP) is 1.82. The number of morpholine rings is 1. The summed E-state index contributed by atoms with van der Waals surface area (Å²) in [5.41, 5.74) is 0. The van der Waals surface area contributed by atoms with Crippen LogP contribution in [0.15, 0.2) is 17.8 Å². The average Bonchev–Trinajstić information content (AvgIpc) is 2.89. The van der Waals surface area contributed by atoms with Crippen LogP contribution in [0.5, 0.6) is 0 Å². The summed E-state index contributed by atoms with van der Waals surface area (Å²) in [5.74, 6) is 0.937. The van der Waals surface area contributed by atoms with Gasteiger partial charge in [0.15, 0.2) is 0 Å². The molecule has 1 unspecified atom stereocenters. The van der Waals surface area contributed by atoms with Gasteiger partial charge in [-0.05, 0) is 18.4 Å². The van der Waals surface area contributed by atoms with Gasteiger partial charge in [-0.3, -0.25) is 4.90 Å². The molecule has 0 aromatic carbocycles. The number of hydrogen-bond donors (Lipinski definition) is 1. The van der Waals surface area contributed by atoms with Crippen LogP contribution in [0.3, 0.4) is 0 Å². The Labute approximate surface area is 116 Å².